The van der Waals surface area contributed by atoms with Crippen LogP contribution in [0.25, 0.3) is 0 Å². The third-order valence-corrected chi connectivity index (χ3v) is 0.750. The molecule has 1 rings (SSSR count). The normalized spacial score (nSPS) is 22.5. The molecule has 36 valence electrons. The lowest BCUT2D eigenvalue weighted by atomic mass is 11.0. The van der Waals surface area contributed by atoms with Crippen molar-refractivity contribution >= 4 is 0 Å². The van der Waals surface area contributed by atoms with Gasteiger partial charge in [-0.05, 0) is 0 Å². The van der Waals surface area contributed by atoms with E-state index in [-0.39, 0.29) is 0 Å². The fraction of sp³-hybridized carbons (Fsp3) is 1.00. The molecule has 0 spiro atoms. The summed E-state index contributed by atoms with van der Waals surface area (Å²) < 4.78 is 0. The summed E-state index contributed by atoms with van der Waals surface area (Å²) in [4.78, 5) is 0. The lowest BCUT2D eigenvalue weighted by Crippen LogP contribution is -2.42. The van der Waals surface area contributed by atoms with E-state index in [4.69, 9.17) is 11.7 Å². The number of nitrogens with two attached hydrogens (primary N) is 2. The smallest absolute Gasteiger partial charge is 0.0304 e. The Morgan fingerprint density at radius 3 is 1.83 bits per heavy atom. The Hall–Kier alpha value is -0.160. The molecule has 1 aliphatic heterocycles. The van der Waals surface area contributed by atoms with E-state index in [1.807, 2.05) is 0 Å². The summed E-state index contributed by atoms with van der Waals surface area (Å²) in [6, 6.07) is 0. The summed E-state index contributed by atoms with van der Waals surface area (Å²) in [5.74, 6) is 10.1. The first kappa shape index (κ1) is 4.01. The molecule has 0 aromatic carbocycles. The monoisotopic (exact) mass is 88.1 g/mol. The van der Waals surface area contributed by atoms with Crippen LogP contribution in [0.1, 0.15) is 0 Å². The maximum atomic E-state index is 5.03. The van der Waals surface area contributed by atoms with Crippen LogP contribution in [0.3, 0.4) is 0 Å². The van der Waals surface area contributed by atoms with Crippen molar-refractivity contribution in [3.05, 3.63) is 0 Å². The largest absolute Gasteiger partial charge is 0.241 e. The second-order valence-corrected chi connectivity index (χ2v) is 1.33. The van der Waals surface area contributed by atoms with Crippen molar-refractivity contribution in [3.63, 3.8) is 0 Å². The molecule has 0 radical (unpaired) electrons. The Kier molecular flexibility index (Phi) is 0.776. The summed E-state index contributed by atoms with van der Waals surface area (Å²) in [7, 11) is 0. The van der Waals surface area contributed by atoms with Gasteiger partial charge in [-0.3, -0.25) is 0 Å². The molecule has 4 nitrogen and oxygen atoms in total. The minimum Gasteiger partial charge on any atom is -0.241 e. The van der Waals surface area contributed by atoms with Gasteiger partial charge in [-0.2, -0.15) is 0 Å². The summed E-state index contributed by atoms with van der Waals surface area (Å²) in [6.07, 6.45) is 0. The fourth-order valence-electron chi connectivity index (χ4n) is 0.276. The molecule has 0 aliphatic carbocycles. The maximum absolute atomic E-state index is 5.03. The molecule has 0 amide bonds. The Labute approximate surface area is 36.2 Å². The number of nitrogens with zero attached hydrogens (tertiary/aromatic N) is 2. The highest BCUT2D eigenvalue weighted by Crippen LogP contribution is 1.98. The Morgan fingerprint density at radius 1 is 1.33 bits per heavy atom. The van der Waals surface area contributed by atoms with Crippen molar-refractivity contribution in [1.29, 1.82) is 0 Å². The number of rotatable bonds is 1. The second-order valence-electron chi connectivity index (χ2n) is 1.33. The van der Waals surface area contributed by atoms with Crippen molar-refractivity contribution in [2.24, 2.45) is 11.7 Å². The van der Waals surface area contributed by atoms with Crippen LogP contribution >= 0.6 is 0 Å². The van der Waals surface area contributed by atoms with Gasteiger partial charge in [0, 0.05) is 13.1 Å². The van der Waals surface area contributed by atoms with E-state index in [0.29, 0.717) is 0 Å². The molecule has 0 saturated carbocycles. The molecule has 1 fully saturated rings. The standard InChI is InChI=1S/C2H8N4/c3-6(4)5-1-2-5/h1-4H2. The van der Waals surface area contributed by atoms with Crippen LogP contribution in [-0.4, -0.2) is 23.3 Å². The van der Waals surface area contributed by atoms with Crippen molar-refractivity contribution in [2.75, 3.05) is 13.1 Å². The highest BCUT2D eigenvalue weighted by atomic mass is 15.9. The van der Waals surface area contributed by atoms with Crippen LogP contribution in [0.2, 0.25) is 0 Å². The molecule has 0 unspecified atom stereocenters. The van der Waals surface area contributed by atoms with Gasteiger partial charge in [0.05, 0.1) is 0 Å². The third-order valence-electron chi connectivity index (χ3n) is 0.750. The lowest BCUT2D eigenvalue weighted by molar-refractivity contribution is 0.0895. The zero-order valence-corrected chi connectivity index (χ0v) is 3.46. The van der Waals surface area contributed by atoms with E-state index in [1.165, 1.54) is 0 Å². The molecule has 1 heterocycles. The van der Waals surface area contributed by atoms with Crippen LogP contribution in [-0.2, 0) is 0 Å². The van der Waals surface area contributed by atoms with Crippen LogP contribution in [0.4, 0.5) is 0 Å². The van der Waals surface area contributed by atoms with Gasteiger partial charge in [0.15, 0.2) is 0 Å². The third kappa shape index (κ3) is 0.662. The van der Waals surface area contributed by atoms with E-state index in [0.717, 1.165) is 18.3 Å². The van der Waals surface area contributed by atoms with Gasteiger partial charge in [-0.15, -0.1) is 5.23 Å². The van der Waals surface area contributed by atoms with Gasteiger partial charge in [-0.25, -0.2) is 16.7 Å². The molecule has 6 heavy (non-hydrogen) atoms. The first-order valence-corrected chi connectivity index (χ1v) is 1.85. The second kappa shape index (κ2) is 1.16. The van der Waals surface area contributed by atoms with Crippen LogP contribution in [0.5, 0.6) is 0 Å². The predicted octanol–water partition coefficient (Wildman–Crippen LogP) is -1.73. The minimum absolute atomic E-state index is 1.01. The first-order valence-electron chi connectivity index (χ1n) is 1.85. The summed E-state index contributed by atoms with van der Waals surface area (Å²) in [6.45, 7) is 2.01. The zero-order valence-electron chi connectivity index (χ0n) is 3.46. The quantitative estimate of drug-likeness (QED) is 0.227. The van der Waals surface area contributed by atoms with E-state index < -0.39 is 0 Å². The van der Waals surface area contributed by atoms with Crippen molar-refractivity contribution < 1.29 is 0 Å². The molecular weight excluding hydrogens is 80.0 g/mol. The average Bonchev–Trinajstić information content (AvgIpc) is 2.06. The highest BCUT2D eigenvalue weighted by molar-refractivity contribution is 4.63. The molecule has 0 atom stereocenters. The molecule has 1 aliphatic rings. The highest BCUT2D eigenvalue weighted by Gasteiger charge is 2.19. The zero-order chi connectivity index (χ0) is 4.57. The van der Waals surface area contributed by atoms with Crippen LogP contribution in [0, 0.1) is 0 Å². The molecule has 4 heteroatoms. The van der Waals surface area contributed by atoms with Gasteiger partial charge in [0.2, 0.25) is 0 Å². The van der Waals surface area contributed by atoms with Gasteiger partial charge in [0.1, 0.15) is 0 Å². The SMILES string of the molecule is NN(N)N1CC1. The summed E-state index contributed by atoms with van der Waals surface area (Å²) in [5.41, 5.74) is 0. The summed E-state index contributed by atoms with van der Waals surface area (Å²) >= 11 is 0. The van der Waals surface area contributed by atoms with Crippen molar-refractivity contribution in [3.8, 4) is 0 Å². The van der Waals surface area contributed by atoms with E-state index in [9.17, 15) is 0 Å². The van der Waals surface area contributed by atoms with Gasteiger partial charge in [0.25, 0.3) is 0 Å². The lowest BCUT2D eigenvalue weighted by Gasteiger charge is -2.05. The molecule has 1 saturated heterocycles. The Bertz CT molecular complexity index is 47.5. The summed E-state index contributed by atoms with van der Waals surface area (Å²) in [5, 5.41) is 2.92. The first-order chi connectivity index (χ1) is 2.80. The molecule has 0 aromatic rings. The Morgan fingerprint density at radius 2 is 1.83 bits per heavy atom. The van der Waals surface area contributed by atoms with Crippen molar-refractivity contribution in [1.82, 2.24) is 10.2 Å². The number of hydrogen-bond acceptors (Lipinski definition) is 4. The molecule has 4 N–H and O–H groups in total. The Balaban J connectivity index is 2.13. The predicted molar refractivity (Wildman–Crippen MR) is 21.8 cm³/mol. The topological polar surface area (TPSA) is 58.3 Å². The van der Waals surface area contributed by atoms with Gasteiger partial charge >= 0.3 is 0 Å². The van der Waals surface area contributed by atoms with Crippen LogP contribution in [0.15, 0.2) is 0 Å². The molecular formula is C2H8N4. The van der Waals surface area contributed by atoms with Crippen LogP contribution < -0.4 is 11.7 Å². The molecule has 0 bridgehead atoms. The van der Waals surface area contributed by atoms with Crippen molar-refractivity contribution in [2.45, 2.75) is 0 Å². The van der Waals surface area contributed by atoms with E-state index in [1.54, 1.807) is 5.01 Å². The van der Waals surface area contributed by atoms with E-state index in [2.05, 4.69) is 0 Å². The van der Waals surface area contributed by atoms with E-state index >= 15 is 0 Å². The maximum Gasteiger partial charge on any atom is 0.0304 e. The minimum atomic E-state index is 1.01. The number of hydrogen-bond donors (Lipinski definition) is 2. The van der Waals surface area contributed by atoms with Gasteiger partial charge in [-0.1, -0.05) is 0 Å². The fourth-order valence-corrected chi connectivity index (χ4v) is 0.276. The average molecular weight is 88.1 g/mol. The number of hydrazine groups is 3. The molecule has 0 aromatic heterocycles. The van der Waals surface area contributed by atoms with Gasteiger partial charge < -0.3 is 0 Å².